The molecule has 1 aromatic heterocycles. The molecule has 1 atom stereocenters. The Labute approximate surface area is 144 Å². The van der Waals surface area contributed by atoms with Gasteiger partial charge in [0, 0.05) is 30.1 Å². The third-order valence-electron chi connectivity index (χ3n) is 3.78. The molecular formula is C16H17ClN4O3. The summed E-state index contributed by atoms with van der Waals surface area (Å²) in [5, 5.41) is 10.9. The van der Waals surface area contributed by atoms with Crippen LogP contribution in [-0.2, 0) is 9.59 Å². The minimum absolute atomic E-state index is 0.0166. The second-order valence-electron chi connectivity index (χ2n) is 5.63. The van der Waals surface area contributed by atoms with Crippen molar-refractivity contribution in [2.45, 2.75) is 32.1 Å². The fourth-order valence-corrected chi connectivity index (χ4v) is 2.73. The first-order valence-corrected chi connectivity index (χ1v) is 8.13. The summed E-state index contributed by atoms with van der Waals surface area (Å²) in [4.78, 5) is 25.5. The van der Waals surface area contributed by atoms with Gasteiger partial charge in [-0.05, 0) is 30.7 Å². The Morgan fingerprint density at radius 2 is 2.12 bits per heavy atom. The molecule has 1 aliphatic heterocycles. The van der Waals surface area contributed by atoms with Crippen LogP contribution >= 0.6 is 11.6 Å². The van der Waals surface area contributed by atoms with Gasteiger partial charge in [0.25, 0.3) is 0 Å². The van der Waals surface area contributed by atoms with Gasteiger partial charge >= 0.3 is 6.01 Å². The number of nitrogens with zero attached hydrogens (tertiary/aromatic N) is 3. The first-order valence-electron chi connectivity index (χ1n) is 7.76. The molecule has 0 aliphatic carbocycles. The maximum atomic E-state index is 12.2. The number of amides is 2. The van der Waals surface area contributed by atoms with Crippen molar-refractivity contribution in [2.24, 2.45) is 0 Å². The first kappa shape index (κ1) is 16.4. The van der Waals surface area contributed by atoms with Gasteiger partial charge in [-0.25, -0.2) is 0 Å². The number of halogens is 1. The van der Waals surface area contributed by atoms with Crippen LogP contribution < -0.4 is 10.2 Å². The van der Waals surface area contributed by atoms with Crippen molar-refractivity contribution in [3.8, 4) is 0 Å². The Kier molecular flexibility index (Phi) is 4.80. The van der Waals surface area contributed by atoms with Crippen molar-refractivity contribution < 1.29 is 14.0 Å². The molecular weight excluding hydrogens is 332 g/mol. The van der Waals surface area contributed by atoms with Crippen LogP contribution in [0.1, 0.15) is 38.0 Å². The van der Waals surface area contributed by atoms with E-state index >= 15 is 0 Å². The van der Waals surface area contributed by atoms with Crippen molar-refractivity contribution in [1.29, 1.82) is 0 Å². The summed E-state index contributed by atoms with van der Waals surface area (Å²) in [7, 11) is 0. The molecule has 1 fully saturated rings. The lowest BCUT2D eigenvalue weighted by Gasteiger charge is -2.15. The number of hydrogen-bond donors (Lipinski definition) is 1. The third-order valence-corrected chi connectivity index (χ3v) is 4.03. The van der Waals surface area contributed by atoms with E-state index in [9.17, 15) is 9.59 Å². The average Bonchev–Trinajstić information content (AvgIpc) is 3.15. The molecule has 1 N–H and O–H groups in total. The second-order valence-corrected chi connectivity index (χ2v) is 6.06. The number of benzene rings is 1. The van der Waals surface area contributed by atoms with Gasteiger partial charge in [0.05, 0.1) is 5.92 Å². The van der Waals surface area contributed by atoms with Crippen molar-refractivity contribution in [3.63, 3.8) is 0 Å². The van der Waals surface area contributed by atoms with Crippen LogP contribution in [0.15, 0.2) is 28.7 Å². The van der Waals surface area contributed by atoms with Gasteiger partial charge in [-0.2, -0.15) is 0 Å². The van der Waals surface area contributed by atoms with Gasteiger partial charge in [-0.1, -0.05) is 23.6 Å². The normalized spacial score (nSPS) is 17.3. The molecule has 126 valence electrons. The van der Waals surface area contributed by atoms with E-state index in [2.05, 4.69) is 15.5 Å². The number of carbonyl (C=O) groups excluding carboxylic acids is 2. The number of rotatable bonds is 5. The predicted molar refractivity (Wildman–Crippen MR) is 89.0 cm³/mol. The van der Waals surface area contributed by atoms with Crippen LogP contribution in [-0.4, -0.2) is 28.6 Å². The highest BCUT2D eigenvalue weighted by molar-refractivity contribution is 6.30. The van der Waals surface area contributed by atoms with E-state index in [0.29, 0.717) is 23.9 Å². The smallest absolute Gasteiger partial charge is 0.322 e. The Balaban J connectivity index is 1.68. The monoisotopic (exact) mass is 348 g/mol. The van der Waals surface area contributed by atoms with E-state index in [-0.39, 0.29) is 30.2 Å². The van der Waals surface area contributed by atoms with Gasteiger partial charge in [0.2, 0.25) is 17.7 Å². The zero-order valence-corrected chi connectivity index (χ0v) is 13.9. The fourth-order valence-electron chi connectivity index (χ4n) is 2.60. The lowest BCUT2D eigenvalue weighted by molar-refractivity contribution is -0.117. The zero-order chi connectivity index (χ0) is 17.1. The highest BCUT2D eigenvalue weighted by atomic mass is 35.5. The zero-order valence-electron chi connectivity index (χ0n) is 13.2. The van der Waals surface area contributed by atoms with E-state index in [0.717, 1.165) is 12.1 Å². The SMILES string of the molecule is CCCC(=O)Nc1nnc([C@H]2CC(=O)N(c3ccc(Cl)cc3)C2)o1. The van der Waals surface area contributed by atoms with E-state index in [4.69, 9.17) is 16.0 Å². The van der Waals surface area contributed by atoms with Crippen molar-refractivity contribution in [1.82, 2.24) is 10.2 Å². The van der Waals surface area contributed by atoms with Gasteiger partial charge in [-0.15, -0.1) is 5.10 Å². The van der Waals surface area contributed by atoms with Crippen molar-refractivity contribution in [3.05, 3.63) is 35.2 Å². The number of hydrogen-bond acceptors (Lipinski definition) is 5. The Bertz CT molecular complexity index is 744. The van der Waals surface area contributed by atoms with Gasteiger partial charge < -0.3 is 9.32 Å². The predicted octanol–water partition coefficient (Wildman–Crippen LogP) is 2.98. The topological polar surface area (TPSA) is 88.3 Å². The van der Waals surface area contributed by atoms with Crippen LogP contribution in [0, 0.1) is 0 Å². The highest BCUT2D eigenvalue weighted by Crippen LogP contribution is 2.32. The summed E-state index contributed by atoms with van der Waals surface area (Å²) in [6.07, 6.45) is 1.41. The summed E-state index contributed by atoms with van der Waals surface area (Å²) in [5.74, 6) is -0.0285. The molecule has 1 aromatic carbocycles. The summed E-state index contributed by atoms with van der Waals surface area (Å²) in [6.45, 7) is 2.36. The molecule has 24 heavy (non-hydrogen) atoms. The van der Waals surface area contributed by atoms with Crippen LogP contribution in [0.25, 0.3) is 0 Å². The summed E-state index contributed by atoms with van der Waals surface area (Å²) in [5.41, 5.74) is 0.780. The molecule has 3 rings (SSSR count). The number of nitrogens with one attached hydrogen (secondary N) is 1. The molecule has 2 aromatic rings. The van der Waals surface area contributed by atoms with Crippen LogP contribution in [0.3, 0.4) is 0 Å². The highest BCUT2D eigenvalue weighted by Gasteiger charge is 2.35. The largest absolute Gasteiger partial charge is 0.407 e. The summed E-state index contributed by atoms with van der Waals surface area (Å²) < 4.78 is 5.48. The van der Waals surface area contributed by atoms with Crippen LogP contribution in [0.5, 0.6) is 0 Å². The fraction of sp³-hybridized carbons (Fsp3) is 0.375. The van der Waals surface area contributed by atoms with Gasteiger partial charge in [-0.3, -0.25) is 14.9 Å². The lowest BCUT2D eigenvalue weighted by Crippen LogP contribution is -2.24. The van der Waals surface area contributed by atoms with Crippen molar-refractivity contribution >= 4 is 35.1 Å². The standard InChI is InChI=1S/C16H17ClN4O3/c1-2-3-13(22)18-16-20-19-15(24-16)10-8-14(23)21(9-10)12-6-4-11(17)5-7-12/h4-7,10H,2-3,8-9H2,1H3,(H,18,20,22)/t10-/m0/s1. The third kappa shape index (κ3) is 3.56. The quantitative estimate of drug-likeness (QED) is 0.897. The molecule has 0 saturated carbocycles. The van der Waals surface area contributed by atoms with Crippen LogP contribution in [0.2, 0.25) is 5.02 Å². The van der Waals surface area contributed by atoms with Gasteiger partial charge in [0.1, 0.15) is 0 Å². The molecule has 0 unspecified atom stereocenters. The number of carbonyl (C=O) groups is 2. The molecule has 1 saturated heterocycles. The van der Waals surface area contributed by atoms with E-state index in [1.807, 2.05) is 6.92 Å². The molecule has 2 heterocycles. The number of anilines is 2. The maximum absolute atomic E-state index is 12.2. The Hall–Kier alpha value is -2.41. The molecule has 8 heteroatoms. The Morgan fingerprint density at radius 1 is 1.38 bits per heavy atom. The summed E-state index contributed by atoms with van der Waals surface area (Å²) in [6, 6.07) is 7.15. The molecule has 0 spiro atoms. The summed E-state index contributed by atoms with van der Waals surface area (Å²) >= 11 is 5.87. The molecule has 0 radical (unpaired) electrons. The van der Waals surface area contributed by atoms with E-state index in [1.54, 1.807) is 29.2 Å². The van der Waals surface area contributed by atoms with E-state index in [1.165, 1.54) is 0 Å². The minimum atomic E-state index is -0.197. The van der Waals surface area contributed by atoms with Crippen LogP contribution in [0.4, 0.5) is 11.7 Å². The second kappa shape index (κ2) is 7.00. The minimum Gasteiger partial charge on any atom is -0.407 e. The average molecular weight is 349 g/mol. The lowest BCUT2D eigenvalue weighted by atomic mass is 10.1. The Morgan fingerprint density at radius 3 is 2.83 bits per heavy atom. The molecule has 7 nitrogen and oxygen atoms in total. The molecule has 1 aliphatic rings. The maximum Gasteiger partial charge on any atom is 0.322 e. The van der Waals surface area contributed by atoms with Gasteiger partial charge in [0.15, 0.2) is 0 Å². The molecule has 2 amide bonds. The van der Waals surface area contributed by atoms with E-state index < -0.39 is 0 Å². The number of aromatic nitrogens is 2. The molecule has 0 bridgehead atoms. The first-order chi connectivity index (χ1) is 11.6. The van der Waals surface area contributed by atoms with Crippen molar-refractivity contribution in [2.75, 3.05) is 16.8 Å².